The van der Waals surface area contributed by atoms with Crippen LogP contribution in [0.4, 0.5) is 0 Å². The minimum Gasteiger partial charge on any atom is -0.135 e. The van der Waals surface area contributed by atoms with E-state index in [0.29, 0.717) is 0 Å². The van der Waals surface area contributed by atoms with Crippen molar-refractivity contribution >= 4 is 43.1 Å². The van der Waals surface area contributed by atoms with Gasteiger partial charge in [0.2, 0.25) is 0 Å². The molecule has 0 N–H and O–H groups in total. The van der Waals surface area contributed by atoms with Gasteiger partial charge in [0.15, 0.2) is 0 Å². The van der Waals surface area contributed by atoms with Gasteiger partial charge in [0.05, 0.1) is 0 Å². The second-order valence-corrected chi connectivity index (χ2v) is 6.34. The molecule has 1 heterocycles. The van der Waals surface area contributed by atoms with Crippen LogP contribution in [-0.2, 0) is 0 Å². The van der Waals surface area contributed by atoms with Crippen molar-refractivity contribution in [1.29, 1.82) is 0 Å². The lowest BCUT2D eigenvalue weighted by Gasteiger charge is -2.02. The van der Waals surface area contributed by atoms with Crippen molar-refractivity contribution in [2.75, 3.05) is 0 Å². The quantitative estimate of drug-likeness (QED) is 0.382. The van der Waals surface area contributed by atoms with E-state index >= 15 is 0 Å². The van der Waals surface area contributed by atoms with Crippen LogP contribution in [0.2, 0.25) is 5.02 Å². The van der Waals surface area contributed by atoms with Gasteiger partial charge in [-0.15, -0.1) is 11.3 Å². The Bertz CT molecular complexity index is 904. The summed E-state index contributed by atoms with van der Waals surface area (Å²) < 4.78 is 2.68. The van der Waals surface area contributed by atoms with Crippen LogP contribution in [0, 0.1) is 0 Å². The highest BCUT2D eigenvalue weighted by Gasteiger charge is 2.06. The molecule has 4 rings (SSSR count). The Labute approximate surface area is 126 Å². The molecule has 0 bridgehead atoms. The summed E-state index contributed by atoms with van der Waals surface area (Å²) in [4.78, 5) is 0. The van der Waals surface area contributed by atoms with Gasteiger partial charge in [-0.25, -0.2) is 0 Å². The van der Waals surface area contributed by atoms with Gasteiger partial charge < -0.3 is 0 Å². The van der Waals surface area contributed by atoms with E-state index in [1.165, 1.54) is 31.3 Å². The van der Waals surface area contributed by atoms with E-state index in [-0.39, 0.29) is 0 Å². The second-order valence-electron chi connectivity index (χ2n) is 4.82. The number of benzene rings is 3. The molecule has 0 saturated carbocycles. The zero-order valence-corrected chi connectivity index (χ0v) is 12.2. The SMILES string of the molecule is Clc1ccc(-c2ccc3sc4ccccc4c3c2)cc1. The molecule has 0 atom stereocenters. The summed E-state index contributed by atoms with van der Waals surface area (Å²) in [5, 5.41) is 3.44. The van der Waals surface area contributed by atoms with Crippen LogP contribution < -0.4 is 0 Å². The third-order valence-electron chi connectivity index (χ3n) is 3.55. The smallest absolute Gasteiger partial charge is 0.0406 e. The maximum atomic E-state index is 5.96. The van der Waals surface area contributed by atoms with Gasteiger partial charge in [0.1, 0.15) is 0 Å². The Hall–Kier alpha value is -1.83. The molecule has 0 fully saturated rings. The van der Waals surface area contributed by atoms with Crippen LogP contribution in [-0.4, -0.2) is 0 Å². The lowest BCUT2D eigenvalue weighted by molar-refractivity contribution is 1.65. The molecule has 0 aliphatic heterocycles. The van der Waals surface area contributed by atoms with E-state index in [0.717, 1.165) is 5.02 Å². The van der Waals surface area contributed by atoms with Crippen LogP contribution in [0.15, 0.2) is 66.7 Å². The molecule has 0 saturated heterocycles. The van der Waals surface area contributed by atoms with E-state index in [4.69, 9.17) is 11.6 Å². The fourth-order valence-corrected chi connectivity index (χ4v) is 3.76. The number of hydrogen-bond acceptors (Lipinski definition) is 1. The molecule has 0 radical (unpaired) electrons. The van der Waals surface area contributed by atoms with E-state index in [9.17, 15) is 0 Å². The monoisotopic (exact) mass is 294 g/mol. The number of rotatable bonds is 1. The number of thiophene rings is 1. The van der Waals surface area contributed by atoms with E-state index in [1.54, 1.807) is 0 Å². The van der Waals surface area contributed by atoms with Crippen molar-refractivity contribution in [2.24, 2.45) is 0 Å². The number of hydrogen-bond donors (Lipinski definition) is 0. The molecule has 0 unspecified atom stereocenters. The van der Waals surface area contributed by atoms with Crippen LogP contribution in [0.1, 0.15) is 0 Å². The molecule has 2 heteroatoms. The fourth-order valence-electron chi connectivity index (χ4n) is 2.55. The average Bonchev–Trinajstić information content (AvgIpc) is 2.86. The predicted octanol–water partition coefficient (Wildman–Crippen LogP) is 6.37. The minimum absolute atomic E-state index is 0.774. The fraction of sp³-hybridized carbons (Fsp3) is 0. The lowest BCUT2D eigenvalue weighted by atomic mass is 10.0. The van der Waals surface area contributed by atoms with Gasteiger partial charge >= 0.3 is 0 Å². The van der Waals surface area contributed by atoms with Crippen molar-refractivity contribution in [2.45, 2.75) is 0 Å². The van der Waals surface area contributed by atoms with Gasteiger partial charge in [0.25, 0.3) is 0 Å². The summed E-state index contributed by atoms with van der Waals surface area (Å²) in [5.74, 6) is 0. The van der Waals surface area contributed by atoms with Crippen LogP contribution >= 0.6 is 22.9 Å². The molecular weight excluding hydrogens is 284 g/mol. The molecule has 0 nitrogen and oxygen atoms in total. The van der Waals surface area contributed by atoms with Gasteiger partial charge in [0, 0.05) is 25.2 Å². The molecule has 0 aliphatic carbocycles. The first-order valence-electron chi connectivity index (χ1n) is 6.48. The molecular formula is C18H11ClS. The topological polar surface area (TPSA) is 0 Å². The maximum absolute atomic E-state index is 5.96. The predicted molar refractivity (Wildman–Crippen MR) is 89.8 cm³/mol. The molecule has 3 aromatic carbocycles. The highest BCUT2D eigenvalue weighted by Crippen LogP contribution is 2.36. The summed E-state index contributed by atoms with van der Waals surface area (Å²) in [7, 11) is 0. The molecule has 4 aromatic rings. The van der Waals surface area contributed by atoms with E-state index < -0.39 is 0 Å². The molecule has 0 spiro atoms. The maximum Gasteiger partial charge on any atom is 0.0406 e. The van der Waals surface area contributed by atoms with E-state index in [2.05, 4.69) is 54.6 Å². The van der Waals surface area contributed by atoms with Crippen molar-refractivity contribution in [1.82, 2.24) is 0 Å². The highest BCUT2D eigenvalue weighted by molar-refractivity contribution is 7.25. The molecule has 1 aromatic heterocycles. The van der Waals surface area contributed by atoms with Crippen molar-refractivity contribution in [3.05, 3.63) is 71.8 Å². The zero-order valence-electron chi connectivity index (χ0n) is 10.6. The van der Waals surface area contributed by atoms with Gasteiger partial charge in [-0.2, -0.15) is 0 Å². The second kappa shape index (κ2) is 4.62. The molecule has 20 heavy (non-hydrogen) atoms. The summed E-state index contributed by atoms with van der Waals surface area (Å²) in [6.07, 6.45) is 0. The normalized spacial score (nSPS) is 11.2. The Morgan fingerprint density at radius 1 is 0.650 bits per heavy atom. The first-order chi connectivity index (χ1) is 9.81. The van der Waals surface area contributed by atoms with Crippen molar-refractivity contribution in [3.63, 3.8) is 0 Å². The lowest BCUT2D eigenvalue weighted by Crippen LogP contribution is -1.77. The van der Waals surface area contributed by atoms with Gasteiger partial charge in [-0.05, 0) is 41.5 Å². The highest BCUT2D eigenvalue weighted by atomic mass is 35.5. The Kier molecular flexibility index (Phi) is 2.76. The third-order valence-corrected chi connectivity index (χ3v) is 4.96. The molecule has 0 amide bonds. The van der Waals surface area contributed by atoms with Crippen molar-refractivity contribution in [3.8, 4) is 11.1 Å². The first-order valence-corrected chi connectivity index (χ1v) is 7.68. The largest absolute Gasteiger partial charge is 0.135 e. The standard InChI is InChI=1S/C18H11ClS/c19-14-8-5-12(6-9-14)13-7-10-18-16(11-13)15-3-1-2-4-17(15)20-18/h1-11H. The Balaban J connectivity index is 1.97. The summed E-state index contributed by atoms with van der Waals surface area (Å²) in [6, 6.07) is 23.3. The van der Waals surface area contributed by atoms with Gasteiger partial charge in [-0.1, -0.05) is 48.0 Å². The third kappa shape index (κ3) is 1.91. The Morgan fingerprint density at radius 3 is 2.20 bits per heavy atom. The zero-order chi connectivity index (χ0) is 13.5. The van der Waals surface area contributed by atoms with Crippen LogP contribution in [0.25, 0.3) is 31.3 Å². The summed E-state index contributed by atoms with van der Waals surface area (Å²) >= 11 is 7.80. The first kappa shape index (κ1) is 12.0. The average molecular weight is 295 g/mol. The Morgan fingerprint density at radius 2 is 1.35 bits per heavy atom. The summed E-state index contributed by atoms with van der Waals surface area (Å²) in [5.41, 5.74) is 2.43. The van der Waals surface area contributed by atoms with Crippen molar-refractivity contribution < 1.29 is 0 Å². The minimum atomic E-state index is 0.774. The van der Waals surface area contributed by atoms with Crippen LogP contribution in [0.5, 0.6) is 0 Å². The van der Waals surface area contributed by atoms with Crippen LogP contribution in [0.3, 0.4) is 0 Å². The molecule has 96 valence electrons. The molecule has 0 aliphatic rings. The summed E-state index contributed by atoms with van der Waals surface area (Å²) in [6.45, 7) is 0. The number of halogens is 1. The van der Waals surface area contributed by atoms with E-state index in [1.807, 2.05) is 23.5 Å². The van der Waals surface area contributed by atoms with Gasteiger partial charge in [-0.3, -0.25) is 0 Å². The number of fused-ring (bicyclic) bond motifs is 3.